The molecule has 0 bridgehead atoms. The molecule has 2 aromatic heterocycles. The summed E-state index contributed by atoms with van der Waals surface area (Å²) in [6, 6.07) is 6.34. The minimum atomic E-state index is -0.698. The van der Waals surface area contributed by atoms with Crippen LogP contribution in [-0.4, -0.2) is 27.2 Å². The molecule has 2 heterocycles. The monoisotopic (exact) mass is 396 g/mol. The number of hydrogen-bond acceptors (Lipinski definition) is 5. The first-order valence-electron chi connectivity index (χ1n) is 9.57. The van der Waals surface area contributed by atoms with Crippen LogP contribution in [0.1, 0.15) is 47.6 Å². The number of halogens is 1. The molecule has 0 aliphatic heterocycles. The fraction of sp³-hybridized carbons (Fsp3) is 0.318. The van der Waals surface area contributed by atoms with Crippen molar-refractivity contribution in [3.05, 3.63) is 63.5 Å². The van der Waals surface area contributed by atoms with Gasteiger partial charge in [-0.3, -0.25) is 9.78 Å². The van der Waals surface area contributed by atoms with Gasteiger partial charge in [-0.2, -0.15) is 0 Å². The maximum absolute atomic E-state index is 15.0. The SMILES string of the molecule is CCOC(=O)c1cn(C2CC2)c2cc(-c3cc(C)nc(CO)c3)c(F)cc2c1=O. The lowest BCUT2D eigenvalue weighted by molar-refractivity contribution is 0.0524. The Morgan fingerprint density at radius 1 is 1.31 bits per heavy atom. The Morgan fingerprint density at radius 2 is 2.07 bits per heavy atom. The lowest BCUT2D eigenvalue weighted by atomic mass is 10.0. The van der Waals surface area contributed by atoms with Gasteiger partial charge in [0.05, 0.1) is 24.4 Å². The number of esters is 1. The number of aliphatic hydroxyl groups is 1. The lowest BCUT2D eigenvalue weighted by Gasteiger charge is -2.15. The number of carbonyl (C=O) groups is 1. The van der Waals surface area contributed by atoms with E-state index in [0.717, 1.165) is 12.8 Å². The van der Waals surface area contributed by atoms with E-state index >= 15 is 4.39 Å². The summed E-state index contributed by atoms with van der Waals surface area (Å²) in [5.41, 5.74) is 1.94. The number of benzene rings is 1. The second kappa shape index (κ2) is 7.40. The van der Waals surface area contributed by atoms with Crippen molar-refractivity contribution in [2.24, 2.45) is 0 Å². The molecule has 7 heteroatoms. The Labute approximate surface area is 166 Å². The number of pyridine rings is 2. The van der Waals surface area contributed by atoms with Crippen LogP contribution < -0.4 is 5.43 Å². The van der Waals surface area contributed by atoms with E-state index in [0.29, 0.717) is 28.0 Å². The van der Waals surface area contributed by atoms with Crippen molar-refractivity contribution in [3.63, 3.8) is 0 Å². The predicted molar refractivity (Wildman–Crippen MR) is 106 cm³/mol. The molecule has 29 heavy (non-hydrogen) atoms. The first-order valence-corrected chi connectivity index (χ1v) is 9.57. The van der Waals surface area contributed by atoms with E-state index in [2.05, 4.69) is 4.98 Å². The summed E-state index contributed by atoms with van der Waals surface area (Å²) in [5.74, 6) is -1.27. The quantitative estimate of drug-likeness (QED) is 0.668. The summed E-state index contributed by atoms with van der Waals surface area (Å²) in [5, 5.41) is 9.57. The number of aromatic nitrogens is 2. The van der Waals surface area contributed by atoms with Gasteiger partial charge in [0, 0.05) is 28.9 Å². The summed E-state index contributed by atoms with van der Waals surface area (Å²) in [6.07, 6.45) is 3.38. The number of carbonyl (C=O) groups excluding carboxylic acids is 1. The average molecular weight is 396 g/mol. The number of nitrogens with zero attached hydrogens (tertiary/aromatic N) is 2. The van der Waals surface area contributed by atoms with Crippen molar-refractivity contribution in [1.29, 1.82) is 0 Å². The van der Waals surface area contributed by atoms with Crippen molar-refractivity contribution in [1.82, 2.24) is 9.55 Å². The molecule has 6 nitrogen and oxygen atoms in total. The summed E-state index contributed by atoms with van der Waals surface area (Å²) in [4.78, 5) is 29.3. The zero-order valence-corrected chi connectivity index (χ0v) is 16.2. The summed E-state index contributed by atoms with van der Waals surface area (Å²) in [6.45, 7) is 3.34. The van der Waals surface area contributed by atoms with Gasteiger partial charge in [0.15, 0.2) is 0 Å². The molecule has 0 saturated heterocycles. The summed E-state index contributed by atoms with van der Waals surface area (Å²) >= 11 is 0. The Morgan fingerprint density at radius 3 is 2.72 bits per heavy atom. The van der Waals surface area contributed by atoms with Crippen LogP contribution in [0, 0.1) is 12.7 Å². The van der Waals surface area contributed by atoms with Gasteiger partial charge in [0.2, 0.25) is 5.43 Å². The number of aryl methyl sites for hydroxylation is 1. The third kappa shape index (κ3) is 3.53. The van der Waals surface area contributed by atoms with E-state index < -0.39 is 17.2 Å². The fourth-order valence-corrected chi connectivity index (χ4v) is 3.57. The molecule has 1 saturated carbocycles. The van der Waals surface area contributed by atoms with Gasteiger partial charge >= 0.3 is 5.97 Å². The Balaban J connectivity index is 1.97. The van der Waals surface area contributed by atoms with Crippen molar-refractivity contribution < 1.29 is 19.0 Å². The molecule has 1 fully saturated rings. The molecule has 0 radical (unpaired) electrons. The van der Waals surface area contributed by atoms with Crippen molar-refractivity contribution in [2.45, 2.75) is 39.3 Å². The first kappa shape index (κ1) is 19.3. The zero-order chi connectivity index (χ0) is 20.7. The van der Waals surface area contributed by atoms with E-state index in [9.17, 15) is 14.7 Å². The van der Waals surface area contributed by atoms with E-state index in [1.165, 1.54) is 12.3 Å². The summed E-state index contributed by atoms with van der Waals surface area (Å²) in [7, 11) is 0. The molecule has 0 amide bonds. The zero-order valence-electron chi connectivity index (χ0n) is 16.2. The summed E-state index contributed by atoms with van der Waals surface area (Å²) < 4.78 is 21.9. The number of ether oxygens (including phenoxy) is 1. The maximum Gasteiger partial charge on any atom is 0.343 e. The van der Waals surface area contributed by atoms with Crippen LogP contribution in [0.25, 0.3) is 22.0 Å². The minimum absolute atomic E-state index is 0.0827. The number of fused-ring (bicyclic) bond motifs is 1. The Hall–Kier alpha value is -3.06. The second-order valence-corrected chi connectivity index (χ2v) is 7.23. The van der Waals surface area contributed by atoms with Crippen LogP contribution in [0.3, 0.4) is 0 Å². The van der Waals surface area contributed by atoms with Crippen molar-refractivity contribution in [3.8, 4) is 11.1 Å². The van der Waals surface area contributed by atoms with Gasteiger partial charge in [0.25, 0.3) is 0 Å². The molecule has 0 atom stereocenters. The highest BCUT2D eigenvalue weighted by Crippen LogP contribution is 2.38. The topological polar surface area (TPSA) is 81.4 Å². The third-order valence-electron chi connectivity index (χ3n) is 5.04. The molecule has 1 aliphatic carbocycles. The molecule has 150 valence electrons. The van der Waals surface area contributed by atoms with Crippen LogP contribution in [0.5, 0.6) is 0 Å². The smallest absolute Gasteiger partial charge is 0.343 e. The standard InChI is InChI=1S/C22H21FN2O4/c1-3-29-22(28)18-10-25(15-4-5-15)20-9-16(19(23)8-17(20)21(18)27)13-6-12(2)24-14(7-13)11-26/h6-10,15,26H,3-5,11H2,1-2H3. The molecule has 4 rings (SSSR count). The molecule has 0 unspecified atom stereocenters. The molecule has 1 aliphatic rings. The minimum Gasteiger partial charge on any atom is -0.462 e. The molecule has 1 aromatic carbocycles. The van der Waals surface area contributed by atoms with E-state index in [4.69, 9.17) is 4.74 Å². The fourth-order valence-electron chi connectivity index (χ4n) is 3.57. The van der Waals surface area contributed by atoms with Crippen LogP contribution in [0.2, 0.25) is 0 Å². The van der Waals surface area contributed by atoms with Crippen LogP contribution >= 0.6 is 0 Å². The lowest BCUT2D eigenvalue weighted by Crippen LogP contribution is -2.21. The average Bonchev–Trinajstić information content (AvgIpc) is 3.53. The number of hydrogen-bond donors (Lipinski definition) is 1. The van der Waals surface area contributed by atoms with Crippen LogP contribution in [0.4, 0.5) is 4.39 Å². The van der Waals surface area contributed by atoms with E-state index in [1.807, 2.05) is 4.57 Å². The first-order chi connectivity index (χ1) is 13.9. The van der Waals surface area contributed by atoms with Crippen LogP contribution in [-0.2, 0) is 11.3 Å². The van der Waals surface area contributed by atoms with Crippen molar-refractivity contribution in [2.75, 3.05) is 6.61 Å². The molecule has 3 aromatic rings. The van der Waals surface area contributed by atoms with Crippen LogP contribution in [0.15, 0.2) is 35.3 Å². The normalized spacial score (nSPS) is 13.7. The van der Waals surface area contributed by atoms with Gasteiger partial charge in [0.1, 0.15) is 11.4 Å². The third-order valence-corrected chi connectivity index (χ3v) is 5.04. The van der Waals surface area contributed by atoms with E-state index in [1.54, 1.807) is 32.0 Å². The Kier molecular flexibility index (Phi) is 4.92. The van der Waals surface area contributed by atoms with Crippen molar-refractivity contribution >= 4 is 16.9 Å². The molecule has 0 spiro atoms. The number of rotatable bonds is 5. The number of aliphatic hydroxyl groups excluding tert-OH is 1. The predicted octanol–water partition coefficient (Wildman–Crippen LogP) is 3.51. The largest absolute Gasteiger partial charge is 0.462 e. The molecular weight excluding hydrogens is 375 g/mol. The second-order valence-electron chi connectivity index (χ2n) is 7.23. The van der Waals surface area contributed by atoms with Gasteiger partial charge in [-0.1, -0.05) is 0 Å². The van der Waals surface area contributed by atoms with E-state index in [-0.39, 0.29) is 30.2 Å². The highest BCUT2D eigenvalue weighted by molar-refractivity contribution is 5.95. The maximum atomic E-state index is 15.0. The Bertz CT molecular complexity index is 1180. The molecular formula is C22H21FN2O4. The van der Waals surface area contributed by atoms with Gasteiger partial charge in [-0.05, 0) is 56.5 Å². The van der Waals surface area contributed by atoms with Gasteiger partial charge in [-0.25, -0.2) is 9.18 Å². The van der Waals surface area contributed by atoms with Gasteiger partial charge in [-0.15, -0.1) is 0 Å². The van der Waals surface area contributed by atoms with Gasteiger partial charge < -0.3 is 14.4 Å². The highest BCUT2D eigenvalue weighted by Gasteiger charge is 2.28. The highest BCUT2D eigenvalue weighted by atomic mass is 19.1. The molecule has 1 N–H and O–H groups in total.